The molecule has 0 heterocycles. The molecule has 0 saturated heterocycles. The molecule has 0 radical (unpaired) electrons. The lowest BCUT2D eigenvalue weighted by atomic mass is 10.0. The van der Waals surface area contributed by atoms with Crippen molar-refractivity contribution < 1.29 is 13.6 Å². The number of rotatable bonds is 6. The van der Waals surface area contributed by atoms with Gasteiger partial charge in [-0.05, 0) is 30.0 Å². The number of hydrogen-bond donors (Lipinski definition) is 2. The number of amides is 1. The van der Waals surface area contributed by atoms with E-state index >= 15 is 0 Å². The SMILES string of the molecule is CNC(=O)C(CC(C)C)NCc1ccc(F)c(F)c1. The van der Waals surface area contributed by atoms with Crippen LogP contribution in [0.25, 0.3) is 0 Å². The highest BCUT2D eigenvalue weighted by atomic mass is 19.2. The molecule has 3 nitrogen and oxygen atoms in total. The van der Waals surface area contributed by atoms with E-state index in [1.54, 1.807) is 7.05 Å². The molecule has 1 aromatic carbocycles. The maximum Gasteiger partial charge on any atom is 0.236 e. The molecule has 19 heavy (non-hydrogen) atoms. The van der Waals surface area contributed by atoms with Crippen molar-refractivity contribution in [1.82, 2.24) is 10.6 Å². The highest BCUT2D eigenvalue weighted by Crippen LogP contribution is 2.10. The van der Waals surface area contributed by atoms with Crippen LogP contribution < -0.4 is 10.6 Å². The predicted octanol–water partition coefficient (Wildman–Crippen LogP) is 2.22. The zero-order valence-electron chi connectivity index (χ0n) is 11.5. The van der Waals surface area contributed by atoms with Crippen molar-refractivity contribution in [2.75, 3.05) is 7.05 Å². The van der Waals surface area contributed by atoms with E-state index in [2.05, 4.69) is 10.6 Å². The number of nitrogens with one attached hydrogen (secondary N) is 2. The molecule has 0 aliphatic heterocycles. The zero-order chi connectivity index (χ0) is 14.4. The van der Waals surface area contributed by atoms with E-state index in [9.17, 15) is 13.6 Å². The number of carbonyl (C=O) groups excluding carboxylic acids is 1. The van der Waals surface area contributed by atoms with Gasteiger partial charge in [-0.1, -0.05) is 19.9 Å². The van der Waals surface area contributed by atoms with Gasteiger partial charge in [0.2, 0.25) is 5.91 Å². The van der Waals surface area contributed by atoms with Gasteiger partial charge in [0, 0.05) is 13.6 Å². The molecule has 5 heteroatoms. The minimum absolute atomic E-state index is 0.101. The Kier molecular flexibility index (Phi) is 5.89. The lowest BCUT2D eigenvalue weighted by Crippen LogP contribution is -2.43. The molecule has 0 aromatic heterocycles. The Morgan fingerprint density at radius 3 is 2.47 bits per heavy atom. The molecule has 2 N–H and O–H groups in total. The van der Waals surface area contributed by atoms with Gasteiger partial charge in [-0.2, -0.15) is 0 Å². The summed E-state index contributed by atoms with van der Waals surface area (Å²) in [6, 6.07) is 3.39. The fraction of sp³-hybridized carbons (Fsp3) is 0.500. The van der Waals surface area contributed by atoms with Crippen LogP contribution >= 0.6 is 0 Å². The first-order chi connectivity index (χ1) is 8.93. The van der Waals surface area contributed by atoms with Gasteiger partial charge in [-0.25, -0.2) is 8.78 Å². The first-order valence-electron chi connectivity index (χ1n) is 6.33. The predicted molar refractivity (Wildman–Crippen MR) is 70.5 cm³/mol. The van der Waals surface area contributed by atoms with E-state index < -0.39 is 11.6 Å². The van der Waals surface area contributed by atoms with Crippen LogP contribution in [0, 0.1) is 17.6 Å². The molecule has 0 fully saturated rings. The Labute approximate surface area is 112 Å². The largest absolute Gasteiger partial charge is 0.358 e. The summed E-state index contributed by atoms with van der Waals surface area (Å²) in [4.78, 5) is 11.7. The molecule has 0 aliphatic rings. The highest BCUT2D eigenvalue weighted by molar-refractivity contribution is 5.81. The Bertz CT molecular complexity index is 435. The summed E-state index contributed by atoms with van der Waals surface area (Å²) in [7, 11) is 1.58. The first-order valence-corrected chi connectivity index (χ1v) is 6.33. The highest BCUT2D eigenvalue weighted by Gasteiger charge is 2.17. The van der Waals surface area contributed by atoms with Gasteiger partial charge < -0.3 is 10.6 Å². The topological polar surface area (TPSA) is 41.1 Å². The molecule has 1 aromatic rings. The Balaban J connectivity index is 2.64. The second-order valence-electron chi connectivity index (χ2n) is 4.93. The summed E-state index contributed by atoms with van der Waals surface area (Å²) in [6.45, 7) is 4.37. The van der Waals surface area contributed by atoms with E-state index in [-0.39, 0.29) is 11.9 Å². The molecule has 0 bridgehead atoms. The third-order valence-corrected chi connectivity index (χ3v) is 2.81. The average Bonchev–Trinajstić information content (AvgIpc) is 2.37. The van der Waals surface area contributed by atoms with Crippen molar-refractivity contribution in [3.8, 4) is 0 Å². The summed E-state index contributed by atoms with van der Waals surface area (Å²) in [5.74, 6) is -1.48. The monoisotopic (exact) mass is 270 g/mol. The van der Waals surface area contributed by atoms with Crippen molar-refractivity contribution >= 4 is 5.91 Å². The van der Waals surface area contributed by atoms with Crippen LogP contribution in [0.3, 0.4) is 0 Å². The van der Waals surface area contributed by atoms with Crippen LogP contribution in [0.15, 0.2) is 18.2 Å². The van der Waals surface area contributed by atoms with Crippen molar-refractivity contribution in [1.29, 1.82) is 0 Å². The van der Waals surface area contributed by atoms with Gasteiger partial charge in [-0.3, -0.25) is 4.79 Å². The standard InChI is InChI=1S/C14H20F2N2O/c1-9(2)6-13(14(19)17-3)18-8-10-4-5-11(15)12(16)7-10/h4-5,7,9,13,18H,6,8H2,1-3H3,(H,17,19). The van der Waals surface area contributed by atoms with E-state index in [4.69, 9.17) is 0 Å². The fourth-order valence-electron chi connectivity index (χ4n) is 1.82. The Morgan fingerprint density at radius 1 is 1.26 bits per heavy atom. The van der Waals surface area contributed by atoms with Gasteiger partial charge >= 0.3 is 0 Å². The smallest absolute Gasteiger partial charge is 0.236 e. The molecular weight excluding hydrogens is 250 g/mol. The van der Waals surface area contributed by atoms with Crippen molar-refractivity contribution in [3.63, 3.8) is 0 Å². The third kappa shape index (κ3) is 4.95. The molecule has 0 aliphatic carbocycles. The van der Waals surface area contributed by atoms with Crippen LogP contribution in [-0.4, -0.2) is 19.0 Å². The van der Waals surface area contributed by atoms with Crippen LogP contribution in [0.1, 0.15) is 25.8 Å². The normalized spacial score (nSPS) is 12.5. The van der Waals surface area contributed by atoms with Gasteiger partial charge in [0.15, 0.2) is 11.6 Å². The quantitative estimate of drug-likeness (QED) is 0.832. The number of halogens is 2. The minimum Gasteiger partial charge on any atom is -0.358 e. The summed E-state index contributed by atoms with van der Waals surface area (Å²) < 4.78 is 25.8. The second-order valence-corrected chi connectivity index (χ2v) is 4.93. The van der Waals surface area contributed by atoms with E-state index in [1.165, 1.54) is 6.07 Å². The Morgan fingerprint density at radius 2 is 1.95 bits per heavy atom. The summed E-state index contributed by atoms with van der Waals surface area (Å²) in [5.41, 5.74) is 0.608. The molecule has 1 amide bonds. The molecule has 1 rings (SSSR count). The van der Waals surface area contributed by atoms with E-state index in [0.29, 0.717) is 24.4 Å². The summed E-state index contributed by atoms with van der Waals surface area (Å²) in [5, 5.41) is 5.66. The zero-order valence-corrected chi connectivity index (χ0v) is 11.5. The van der Waals surface area contributed by atoms with Gasteiger partial charge in [0.1, 0.15) is 0 Å². The third-order valence-electron chi connectivity index (χ3n) is 2.81. The summed E-state index contributed by atoms with van der Waals surface area (Å²) in [6.07, 6.45) is 0.684. The van der Waals surface area contributed by atoms with Gasteiger partial charge in [0.05, 0.1) is 6.04 Å². The molecular formula is C14H20F2N2O. The first kappa shape index (κ1) is 15.6. The fourth-order valence-corrected chi connectivity index (χ4v) is 1.82. The molecule has 1 unspecified atom stereocenters. The summed E-state index contributed by atoms with van der Waals surface area (Å²) >= 11 is 0. The van der Waals surface area contributed by atoms with Crippen LogP contribution in [0.2, 0.25) is 0 Å². The van der Waals surface area contributed by atoms with Crippen LogP contribution in [-0.2, 0) is 11.3 Å². The van der Waals surface area contributed by atoms with Gasteiger partial charge in [0.25, 0.3) is 0 Å². The number of hydrogen-bond acceptors (Lipinski definition) is 2. The van der Waals surface area contributed by atoms with Gasteiger partial charge in [-0.15, -0.1) is 0 Å². The molecule has 106 valence electrons. The lowest BCUT2D eigenvalue weighted by Gasteiger charge is -2.19. The minimum atomic E-state index is -0.875. The second kappa shape index (κ2) is 7.19. The maximum absolute atomic E-state index is 13.1. The average molecular weight is 270 g/mol. The Hall–Kier alpha value is -1.49. The number of benzene rings is 1. The number of carbonyl (C=O) groups is 1. The number of likely N-dealkylation sites (N-methyl/N-ethyl adjacent to an activating group) is 1. The van der Waals surface area contributed by atoms with Crippen LogP contribution in [0.4, 0.5) is 8.78 Å². The molecule has 1 atom stereocenters. The van der Waals surface area contributed by atoms with Crippen LogP contribution in [0.5, 0.6) is 0 Å². The van der Waals surface area contributed by atoms with Crippen molar-refractivity contribution in [3.05, 3.63) is 35.4 Å². The van der Waals surface area contributed by atoms with Crippen molar-refractivity contribution in [2.24, 2.45) is 5.92 Å². The van der Waals surface area contributed by atoms with Crippen molar-refractivity contribution in [2.45, 2.75) is 32.9 Å². The molecule has 0 saturated carbocycles. The van der Waals surface area contributed by atoms with E-state index in [0.717, 1.165) is 12.1 Å². The lowest BCUT2D eigenvalue weighted by molar-refractivity contribution is -0.123. The van der Waals surface area contributed by atoms with E-state index in [1.807, 2.05) is 13.8 Å². The maximum atomic E-state index is 13.1. The molecule has 0 spiro atoms.